The van der Waals surface area contributed by atoms with E-state index in [9.17, 15) is 9.59 Å². The van der Waals surface area contributed by atoms with Crippen LogP contribution in [0.1, 0.15) is 56.4 Å². The third kappa shape index (κ3) is 4.09. The van der Waals surface area contributed by atoms with Crippen LogP contribution in [0.15, 0.2) is 18.6 Å². The van der Waals surface area contributed by atoms with Gasteiger partial charge in [0.25, 0.3) is 5.91 Å². The van der Waals surface area contributed by atoms with Gasteiger partial charge in [-0.15, -0.1) is 0 Å². The zero-order valence-electron chi connectivity index (χ0n) is 12.7. The predicted octanol–water partition coefficient (Wildman–Crippen LogP) is 2.38. The quantitative estimate of drug-likeness (QED) is 0.903. The molecule has 5 heteroatoms. The van der Waals surface area contributed by atoms with Crippen molar-refractivity contribution in [2.75, 3.05) is 0 Å². The fraction of sp³-hybridized carbons (Fsp3) is 0.625. The smallest absolute Gasteiger partial charge is 0.270 e. The summed E-state index contributed by atoms with van der Waals surface area (Å²) in [5, 5.41) is 2.91. The molecule has 114 valence electrons. The standard InChI is InChI=1S/C16H23N3O2/c1-11(2)15(20)14(12-6-4-3-5-7-12)19-16(21)13-8-9-17-10-18-13/h8-12,14H,3-7H2,1-2H3,(H,19,21)/t14-/m1/s1. The first kappa shape index (κ1) is 15.6. The van der Waals surface area contributed by atoms with Crippen molar-refractivity contribution in [2.24, 2.45) is 11.8 Å². The van der Waals surface area contributed by atoms with Crippen molar-refractivity contribution in [1.82, 2.24) is 15.3 Å². The van der Waals surface area contributed by atoms with E-state index in [1.54, 1.807) is 6.07 Å². The van der Waals surface area contributed by atoms with E-state index in [-0.39, 0.29) is 23.5 Å². The molecule has 0 aliphatic heterocycles. The Bertz CT molecular complexity index is 482. The van der Waals surface area contributed by atoms with Crippen LogP contribution in [0.5, 0.6) is 0 Å². The predicted molar refractivity (Wildman–Crippen MR) is 79.7 cm³/mol. The molecule has 1 N–H and O–H groups in total. The van der Waals surface area contributed by atoms with Crippen molar-refractivity contribution in [3.63, 3.8) is 0 Å². The Morgan fingerprint density at radius 3 is 2.52 bits per heavy atom. The second-order valence-corrected chi connectivity index (χ2v) is 6.00. The topological polar surface area (TPSA) is 72.0 Å². The summed E-state index contributed by atoms with van der Waals surface area (Å²) in [5.74, 6) is -0.00616. The van der Waals surface area contributed by atoms with Crippen LogP contribution in [0.4, 0.5) is 0 Å². The number of hydrogen-bond donors (Lipinski definition) is 1. The van der Waals surface area contributed by atoms with Gasteiger partial charge in [0.05, 0.1) is 6.04 Å². The van der Waals surface area contributed by atoms with Gasteiger partial charge in [-0.2, -0.15) is 0 Å². The van der Waals surface area contributed by atoms with Crippen LogP contribution in [0, 0.1) is 11.8 Å². The molecule has 1 saturated carbocycles. The maximum Gasteiger partial charge on any atom is 0.270 e. The zero-order valence-corrected chi connectivity index (χ0v) is 12.7. The molecule has 1 aliphatic carbocycles. The third-order valence-corrected chi connectivity index (χ3v) is 4.10. The van der Waals surface area contributed by atoms with Crippen molar-refractivity contribution in [3.05, 3.63) is 24.3 Å². The van der Waals surface area contributed by atoms with Crippen LogP contribution in [-0.2, 0) is 4.79 Å². The van der Waals surface area contributed by atoms with Crippen molar-refractivity contribution in [3.8, 4) is 0 Å². The first-order valence-electron chi connectivity index (χ1n) is 7.70. The average Bonchev–Trinajstić information content (AvgIpc) is 2.53. The van der Waals surface area contributed by atoms with Gasteiger partial charge in [-0.05, 0) is 24.8 Å². The van der Waals surface area contributed by atoms with Gasteiger partial charge in [0.2, 0.25) is 0 Å². The molecule has 1 heterocycles. The molecule has 1 atom stereocenters. The molecule has 1 aliphatic rings. The highest BCUT2D eigenvalue weighted by molar-refractivity contribution is 5.97. The normalized spacial score (nSPS) is 17.5. The summed E-state index contributed by atoms with van der Waals surface area (Å²) in [7, 11) is 0. The molecule has 1 aromatic heterocycles. The van der Waals surface area contributed by atoms with Crippen molar-refractivity contribution < 1.29 is 9.59 Å². The Morgan fingerprint density at radius 2 is 1.95 bits per heavy atom. The van der Waals surface area contributed by atoms with Gasteiger partial charge in [-0.1, -0.05) is 33.1 Å². The first-order chi connectivity index (χ1) is 10.1. The van der Waals surface area contributed by atoms with E-state index in [1.807, 2.05) is 13.8 Å². The number of amides is 1. The lowest BCUT2D eigenvalue weighted by Gasteiger charge is -2.30. The van der Waals surface area contributed by atoms with Crippen LogP contribution in [-0.4, -0.2) is 27.7 Å². The van der Waals surface area contributed by atoms with E-state index in [1.165, 1.54) is 18.9 Å². The van der Waals surface area contributed by atoms with Crippen LogP contribution in [0.3, 0.4) is 0 Å². The van der Waals surface area contributed by atoms with Crippen LogP contribution in [0.2, 0.25) is 0 Å². The minimum absolute atomic E-state index is 0.0809. The lowest BCUT2D eigenvalue weighted by atomic mass is 9.80. The second kappa shape index (κ2) is 7.29. The van der Waals surface area contributed by atoms with E-state index in [0.717, 1.165) is 25.7 Å². The molecule has 5 nitrogen and oxygen atoms in total. The molecule has 1 aromatic rings. The summed E-state index contributed by atoms with van der Waals surface area (Å²) < 4.78 is 0. The molecule has 21 heavy (non-hydrogen) atoms. The molecule has 0 unspecified atom stereocenters. The maximum atomic E-state index is 12.5. The summed E-state index contributed by atoms with van der Waals surface area (Å²) in [6, 6.07) is 1.17. The molecular weight excluding hydrogens is 266 g/mol. The fourth-order valence-corrected chi connectivity index (χ4v) is 2.89. The molecule has 0 saturated heterocycles. The lowest BCUT2D eigenvalue weighted by Crippen LogP contribution is -2.48. The lowest BCUT2D eigenvalue weighted by molar-refractivity contribution is -0.125. The molecule has 0 bridgehead atoms. The number of Topliss-reactive ketones (excluding diaryl/α,β-unsaturated/α-hetero) is 1. The van der Waals surface area contributed by atoms with E-state index in [4.69, 9.17) is 0 Å². The third-order valence-electron chi connectivity index (χ3n) is 4.10. The highest BCUT2D eigenvalue weighted by Gasteiger charge is 2.32. The van der Waals surface area contributed by atoms with Gasteiger partial charge in [-0.25, -0.2) is 9.97 Å². The number of aromatic nitrogens is 2. The fourth-order valence-electron chi connectivity index (χ4n) is 2.89. The maximum absolute atomic E-state index is 12.5. The van der Waals surface area contributed by atoms with E-state index >= 15 is 0 Å². The number of nitrogens with zero attached hydrogens (tertiary/aromatic N) is 2. The number of hydrogen-bond acceptors (Lipinski definition) is 4. The average molecular weight is 289 g/mol. The molecule has 0 aromatic carbocycles. The molecule has 1 amide bonds. The largest absolute Gasteiger partial charge is 0.341 e. The Hall–Kier alpha value is -1.78. The Labute approximate surface area is 125 Å². The summed E-state index contributed by atoms with van der Waals surface area (Å²) in [6.07, 6.45) is 8.38. The number of rotatable bonds is 5. The molecule has 0 radical (unpaired) electrons. The van der Waals surface area contributed by atoms with Crippen LogP contribution >= 0.6 is 0 Å². The highest BCUT2D eigenvalue weighted by Crippen LogP contribution is 2.28. The van der Waals surface area contributed by atoms with Crippen molar-refractivity contribution >= 4 is 11.7 Å². The molecule has 0 spiro atoms. The van der Waals surface area contributed by atoms with E-state index in [0.29, 0.717) is 5.69 Å². The number of ketones is 1. The van der Waals surface area contributed by atoms with Gasteiger partial charge in [0, 0.05) is 12.1 Å². The van der Waals surface area contributed by atoms with Gasteiger partial charge in [-0.3, -0.25) is 9.59 Å². The summed E-state index contributed by atoms with van der Waals surface area (Å²) in [4.78, 5) is 32.5. The Kier molecular flexibility index (Phi) is 5.42. The van der Waals surface area contributed by atoms with Gasteiger partial charge in [0.1, 0.15) is 12.0 Å². The molecule has 1 fully saturated rings. The monoisotopic (exact) mass is 289 g/mol. The number of carbonyl (C=O) groups excluding carboxylic acids is 2. The second-order valence-electron chi connectivity index (χ2n) is 6.00. The van der Waals surface area contributed by atoms with E-state index in [2.05, 4.69) is 15.3 Å². The van der Waals surface area contributed by atoms with Gasteiger partial charge in [0.15, 0.2) is 5.78 Å². The van der Waals surface area contributed by atoms with Gasteiger partial charge < -0.3 is 5.32 Å². The first-order valence-corrected chi connectivity index (χ1v) is 7.70. The number of carbonyl (C=O) groups is 2. The van der Waals surface area contributed by atoms with Crippen LogP contribution < -0.4 is 5.32 Å². The number of nitrogens with one attached hydrogen (secondary N) is 1. The summed E-state index contributed by atoms with van der Waals surface area (Å²) in [5.41, 5.74) is 0.308. The van der Waals surface area contributed by atoms with E-state index < -0.39 is 6.04 Å². The highest BCUT2D eigenvalue weighted by atomic mass is 16.2. The van der Waals surface area contributed by atoms with Crippen LogP contribution in [0.25, 0.3) is 0 Å². The van der Waals surface area contributed by atoms with Crippen molar-refractivity contribution in [1.29, 1.82) is 0 Å². The minimum Gasteiger partial charge on any atom is -0.341 e. The van der Waals surface area contributed by atoms with Gasteiger partial charge >= 0.3 is 0 Å². The Balaban J connectivity index is 2.11. The molecular formula is C16H23N3O2. The minimum atomic E-state index is -0.396. The summed E-state index contributed by atoms with van der Waals surface area (Å²) in [6.45, 7) is 3.77. The zero-order chi connectivity index (χ0) is 15.2. The SMILES string of the molecule is CC(C)C(=O)[C@H](NC(=O)c1ccncn1)C1CCCCC1. The molecule has 2 rings (SSSR count). The van der Waals surface area contributed by atoms with Crippen molar-refractivity contribution in [2.45, 2.75) is 52.0 Å². The Morgan fingerprint density at radius 1 is 1.24 bits per heavy atom. The summed E-state index contributed by atoms with van der Waals surface area (Å²) >= 11 is 0.